The number of carbonyl (C=O) groups excluding carboxylic acids is 1. The lowest BCUT2D eigenvalue weighted by Gasteiger charge is -2.17. The van der Waals surface area contributed by atoms with Crippen LogP contribution in [0.3, 0.4) is 0 Å². The van der Waals surface area contributed by atoms with Crippen LogP contribution in [0.5, 0.6) is 5.75 Å². The molecule has 6 heteroatoms. The number of nitrogens with one attached hydrogen (secondary N) is 1. The van der Waals surface area contributed by atoms with Crippen molar-refractivity contribution in [2.75, 3.05) is 33.8 Å². The molecule has 1 aromatic rings. The van der Waals surface area contributed by atoms with Crippen LogP contribution in [0.4, 0.5) is 0 Å². The summed E-state index contributed by atoms with van der Waals surface area (Å²) in [5.41, 5.74) is 0. The Morgan fingerprint density at radius 1 is 1.39 bits per heavy atom. The van der Waals surface area contributed by atoms with Crippen molar-refractivity contribution in [3.05, 3.63) is 29.3 Å². The van der Waals surface area contributed by atoms with Gasteiger partial charge in [0.15, 0.2) is 0 Å². The lowest BCUT2D eigenvalue weighted by atomic mass is 10.3. The van der Waals surface area contributed by atoms with E-state index in [9.17, 15) is 4.79 Å². The van der Waals surface area contributed by atoms with Gasteiger partial charge in [-0.25, -0.2) is 0 Å². The monoisotopic (exact) mass is 292 g/mol. The normalized spacial score (nSPS) is 9.50. The van der Waals surface area contributed by atoms with E-state index in [4.69, 9.17) is 16.3 Å². The smallest absolute Gasteiger partial charge is 0.236 e. The van der Waals surface area contributed by atoms with Gasteiger partial charge < -0.3 is 15.0 Å². The second kappa shape index (κ2) is 9.03. The maximum absolute atomic E-state index is 11.4. The van der Waals surface area contributed by atoms with E-state index in [0.717, 1.165) is 5.75 Å². The molecule has 1 N–H and O–H groups in total. The zero-order valence-corrected chi connectivity index (χ0v) is 12.1. The van der Waals surface area contributed by atoms with Gasteiger partial charge in [0.05, 0.1) is 13.1 Å². The fraction of sp³-hybridized carbons (Fsp3) is 0.417. The van der Waals surface area contributed by atoms with Crippen molar-refractivity contribution in [3.8, 4) is 5.75 Å². The van der Waals surface area contributed by atoms with Gasteiger partial charge in [0.2, 0.25) is 5.91 Å². The number of amides is 1. The zero-order valence-electron chi connectivity index (χ0n) is 10.5. The summed E-state index contributed by atoms with van der Waals surface area (Å²) in [6, 6.07) is 7.15. The Hall–Kier alpha value is -0.970. The molecule has 0 heterocycles. The summed E-state index contributed by atoms with van der Waals surface area (Å²) in [4.78, 5) is 13.1. The Bertz CT molecular complexity index is 358. The van der Waals surface area contributed by atoms with Gasteiger partial charge in [0.1, 0.15) is 12.4 Å². The van der Waals surface area contributed by atoms with E-state index >= 15 is 0 Å². The Morgan fingerprint density at radius 3 is 2.56 bits per heavy atom. The largest absolute Gasteiger partial charge is 0.492 e. The molecule has 0 spiro atoms. The first-order valence-corrected chi connectivity index (χ1v) is 5.78. The number of hydrogen-bond acceptors (Lipinski definition) is 3. The van der Waals surface area contributed by atoms with Gasteiger partial charge in [-0.1, -0.05) is 11.6 Å². The summed E-state index contributed by atoms with van der Waals surface area (Å²) in [7, 11) is 3.50. The van der Waals surface area contributed by atoms with Crippen LogP contribution in [0.1, 0.15) is 0 Å². The highest BCUT2D eigenvalue weighted by Crippen LogP contribution is 2.15. The average Bonchev–Trinajstić information content (AvgIpc) is 2.32. The van der Waals surface area contributed by atoms with Crippen molar-refractivity contribution in [2.45, 2.75) is 0 Å². The van der Waals surface area contributed by atoms with Gasteiger partial charge in [0, 0.05) is 12.1 Å². The standard InChI is InChI=1S/C12H17ClN2O2.ClH/c1-14-9-12(16)15(2)7-8-17-11-5-3-10(13)4-6-11;/h3-6,14H,7-9H2,1-2H3;1H. The van der Waals surface area contributed by atoms with Crippen LogP contribution in [0, 0.1) is 0 Å². The molecule has 4 nitrogen and oxygen atoms in total. The van der Waals surface area contributed by atoms with Gasteiger partial charge in [-0.2, -0.15) is 0 Å². The summed E-state index contributed by atoms with van der Waals surface area (Å²) < 4.78 is 5.49. The number of benzene rings is 1. The van der Waals surface area contributed by atoms with Crippen LogP contribution in [0.25, 0.3) is 0 Å². The predicted molar refractivity (Wildman–Crippen MR) is 75.8 cm³/mol. The van der Waals surface area contributed by atoms with Crippen molar-refractivity contribution in [1.82, 2.24) is 10.2 Å². The van der Waals surface area contributed by atoms with Crippen LogP contribution >= 0.6 is 24.0 Å². The Labute approximate surface area is 119 Å². The molecule has 0 aliphatic carbocycles. The fourth-order valence-electron chi connectivity index (χ4n) is 1.24. The number of ether oxygens (including phenoxy) is 1. The van der Waals surface area contributed by atoms with E-state index in [2.05, 4.69) is 5.32 Å². The Kier molecular flexibility index (Phi) is 8.54. The lowest BCUT2D eigenvalue weighted by molar-refractivity contribution is -0.129. The van der Waals surface area contributed by atoms with Gasteiger partial charge in [-0.15, -0.1) is 12.4 Å². The first-order chi connectivity index (χ1) is 8.13. The van der Waals surface area contributed by atoms with Crippen molar-refractivity contribution in [1.29, 1.82) is 0 Å². The molecule has 0 saturated carbocycles. The second-order valence-corrected chi connectivity index (χ2v) is 4.08. The van der Waals surface area contributed by atoms with Gasteiger partial charge >= 0.3 is 0 Å². The molecule has 0 bridgehead atoms. The minimum absolute atomic E-state index is 0. The van der Waals surface area contributed by atoms with Crippen LogP contribution in [-0.2, 0) is 4.79 Å². The molecule has 102 valence electrons. The number of nitrogens with zero attached hydrogens (tertiary/aromatic N) is 1. The Balaban J connectivity index is 0.00000289. The molecule has 18 heavy (non-hydrogen) atoms. The first-order valence-electron chi connectivity index (χ1n) is 5.40. The highest BCUT2D eigenvalue weighted by molar-refractivity contribution is 6.30. The number of rotatable bonds is 6. The molecular weight excluding hydrogens is 275 g/mol. The molecule has 1 rings (SSSR count). The van der Waals surface area contributed by atoms with E-state index in [0.29, 0.717) is 24.7 Å². The van der Waals surface area contributed by atoms with Crippen molar-refractivity contribution < 1.29 is 9.53 Å². The summed E-state index contributed by atoms with van der Waals surface area (Å²) in [6.07, 6.45) is 0. The van der Waals surface area contributed by atoms with Crippen LogP contribution in [-0.4, -0.2) is 44.6 Å². The number of likely N-dealkylation sites (N-methyl/N-ethyl adjacent to an activating group) is 2. The number of hydrogen-bond donors (Lipinski definition) is 1. The quantitative estimate of drug-likeness (QED) is 0.870. The third kappa shape index (κ3) is 6.10. The third-order valence-corrected chi connectivity index (χ3v) is 2.51. The molecule has 0 atom stereocenters. The molecule has 1 amide bonds. The van der Waals surface area contributed by atoms with Gasteiger partial charge in [-0.05, 0) is 31.3 Å². The minimum atomic E-state index is 0. The van der Waals surface area contributed by atoms with Gasteiger partial charge in [0.25, 0.3) is 0 Å². The highest BCUT2D eigenvalue weighted by atomic mass is 35.5. The van der Waals surface area contributed by atoms with Crippen LogP contribution < -0.4 is 10.1 Å². The number of halogens is 2. The molecule has 0 fully saturated rings. The maximum atomic E-state index is 11.4. The third-order valence-electron chi connectivity index (χ3n) is 2.26. The topological polar surface area (TPSA) is 41.6 Å². The zero-order chi connectivity index (χ0) is 12.7. The Morgan fingerprint density at radius 2 is 2.00 bits per heavy atom. The number of carbonyl (C=O) groups is 1. The fourth-order valence-corrected chi connectivity index (χ4v) is 1.37. The average molecular weight is 293 g/mol. The lowest BCUT2D eigenvalue weighted by Crippen LogP contribution is -2.36. The van der Waals surface area contributed by atoms with Crippen LogP contribution in [0.15, 0.2) is 24.3 Å². The van der Waals surface area contributed by atoms with E-state index in [1.807, 2.05) is 0 Å². The molecule has 0 radical (unpaired) electrons. The molecule has 0 saturated heterocycles. The van der Waals surface area contributed by atoms with Crippen molar-refractivity contribution in [2.24, 2.45) is 0 Å². The molecule has 0 aliphatic rings. The maximum Gasteiger partial charge on any atom is 0.236 e. The summed E-state index contributed by atoms with van der Waals surface area (Å²) in [5.74, 6) is 0.802. The van der Waals surface area contributed by atoms with E-state index in [-0.39, 0.29) is 18.3 Å². The van der Waals surface area contributed by atoms with Gasteiger partial charge in [-0.3, -0.25) is 4.79 Å². The van der Waals surface area contributed by atoms with E-state index in [1.54, 1.807) is 43.3 Å². The molecule has 0 aliphatic heterocycles. The predicted octanol–water partition coefficient (Wildman–Crippen LogP) is 1.82. The van der Waals surface area contributed by atoms with Crippen molar-refractivity contribution in [3.63, 3.8) is 0 Å². The summed E-state index contributed by atoms with van der Waals surface area (Å²) >= 11 is 5.76. The first kappa shape index (κ1) is 17.0. The SMILES string of the molecule is CNCC(=O)N(C)CCOc1ccc(Cl)cc1.Cl. The highest BCUT2D eigenvalue weighted by Gasteiger charge is 2.06. The second-order valence-electron chi connectivity index (χ2n) is 3.65. The molecular formula is C12H18Cl2N2O2. The minimum Gasteiger partial charge on any atom is -0.492 e. The van der Waals surface area contributed by atoms with E-state index in [1.165, 1.54) is 0 Å². The van der Waals surface area contributed by atoms with Crippen LogP contribution in [0.2, 0.25) is 5.02 Å². The molecule has 0 unspecified atom stereocenters. The molecule has 1 aromatic carbocycles. The summed E-state index contributed by atoms with van der Waals surface area (Å²) in [6.45, 7) is 1.37. The summed E-state index contributed by atoms with van der Waals surface area (Å²) in [5, 5.41) is 3.50. The van der Waals surface area contributed by atoms with E-state index < -0.39 is 0 Å². The van der Waals surface area contributed by atoms with Crippen molar-refractivity contribution >= 4 is 29.9 Å². The molecule has 0 aromatic heterocycles.